The van der Waals surface area contributed by atoms with Crippen LogP contribution in [0.1, 0.15) is 11.1 Å². The van der Waals surface area contributed by atoms with Gasteiger partial charge in [0.2, 0.25) is 11.1 Å². The highest BCUT2D eigenvalue weighted by molar-refractivity contribution is 7.99. The summed E-state index contributed by atoms with van der Waals surface area (Å²) >= 11 is 1.31. The van der Waals surface area contributed by atoms with E-state index in [1.54, 1.807) is 4.68 Å². The molecule has 0 radical (unpaired) electrons. The lowest BCUT2D eigenvalue weighted by atomic mass is 10.1. The Hall–Kier alpha value is -3.19. The molecule has 6 nitrogen and oxygen atoms in total. The van der Waals surface area contributed by atoms with Crippen molar-refractivity contribution in [1.82, 2.24) is 20.2 Å². The smallest absolute Gasteiger partial charge is 0.234 e. The average Bonchev–Trinajstić information content (AvgIpc) is 3.15. The van der Waals surface area contributed by atoms with Gasteiger partial charge in [0.15, 0.2) is 0 Å². The van der Waals surface area contributed by atoms with E-state index in [0.717, 1.165) is 33.3 Å². The molecule has 4 aromatic rings. The normalized spacial score (nSPS) is 10.9. The number of para-hydroxylation sites is 1. The van der Waals surface area contributed by atoms with E-state index in [2.05, 4.69) is 20.8 Å². The number of amides is 1. The zero-order valence-electron chi connectivity index (χ0n) is 15.6. The first kappa shape index (κ1) is 18.2. The third kappa shape index (κ3) is 3.61. The van der Waals surface area contributed by atoms with E-state index in [1.807, 2.05) is 74.5 Å². The van der Waals surface area contributed by atoms with Gasteiger partial charge in [0, 0.05) is 11.1 Å². The minimum absolute atomic E-state index is 0.0996. The number of aromatic nitrogens is 4. The van der Waals surface area contributed by atoms with Gasteiger partial charge in [-0.25, -0.2) is 0 Å². The molecule has 0 bridgehead atoms. The molecule has 0 fully saturated rings. The lowest BCUT2D eigenvalue weighted by Gasteiger charge is -2.11. The van der Waals surface area contributed by atoms with Gasteiger partial charge >= 0.3 is 0 Å². The van der Waals surface area contributed by atoms with Crippen LogP contribution in [0.25, 0.3) is 16.5 Å². The Morgan fingerprint density at radius 1 is 1.00 bits per heavy atom. The number of carbonyl (C=O) groups excluding carboxylic acids is 1. The van der Waals surface area contributed by atoms with E-state index in [1.165, 1.54) is 11.8 Å². The van der Waals surface area contributed by atoms with Crippen molar-refractivity contribution in [2.45, 2.75) is 19.0 Å². The fourth-order valence-corrected chi connectivity index (χ4v) is 3.88. The molecule has 28 heavy (non-hydrogen) atoms. The molecule has 0 unspecified atom stereocenters. The predicted molar refractivity (Wildman–Crippen MR) is 112 cm³/mol. The summed E-state index contributed by atoms with van der Waals surface area (Å²) in [5, 5.41) is 17.7. The number of nitrogens with zero attached hydrogens (tertiary/aromatic N) is 4. The summed E-state index contributed by atoms with van der Waals surface area (Å²) < 4.78 is 1.69. The lowest BCUT2D eigenvalue weighted by Crippen LogP contribution is -2.15. The van der Waals surface area contributed by atoms with Crippen molar-refractivity contribution in [2.75, 3.05) is 11.1 Å². The molecule has 3 aromatic carbocycles. The van der Waals surface area contributed by atoms with E-state index in [4.69, 9.17) is 0 Å². The van der Waals surface area contributed by atoms with Crippen LogP contribution in [0.3, 0.4) is 0 Å². The van der Waals surface area contributed by atoms with E-state index in [-0.39, 0.29) is 11.7 Å². The van der Waals surface area contributed by atoms with Crippen LogP contribution < -0.4 is 5.32 Å². The zero-order chi connectivity index (χ0) is 19.5. The number of aryl methyl sites for hydroxylation is 2. The fraction of sp³-hybridized carbons (Fsp3) is 0.143. The number of fused-ring (bicyclic) bond motifs is 1. The van der Waals surface area contributed by atoms with Crippen LogP contribution in [0.4, 0.5) is 5.69 Å². The molecular weight excluding hydrogens is 370 g/mol. The number of hydrogen-bond donors (Lipinski definition) is 1. The number of hydrogen-bond acceptors (Lipinski definition) is 5. The molecule has 1 heterocycles. The monoisotopic (exact) mass is 389 g/mol. The van der Waals surface area contributed by atoms with Crippen LogP contribution in [0.15, 0.2) is 65.8 Å². The van der Waals surface area contributed by atoms with Crippen LogP contribution >= 0.6 is 11.8 Å². The first-order valence-electron chi connectivity index (χ1n) is 8.89. The summed E-state index contributed by atoms with van der Waals surface area (Å²) in [4.78, 5) is 12.5. The number of benzene rings is 3. The Balaban J connectivity index is 1.50. The van der Waals surface area contributed by atoms with E-state index in [0.29, 0.717) is 5.16 Å². The van der Waals surface area contributed by atoms with E-state index < -0.39 is 0 Å². The van der Waals surface area contributed by atoms with Gasteiger partial charge in [-0.05, 0) is 46.9 Å². The molecule has 1 aromatic heterocycles. The van der Waals surface area contributed by atoms with Crippen LogP contribution in [-0.4, -0.2) is 31.9 Å². The average molecular weight is 389 g/mol. The molecule has 0 aliphatic heterocycles. The van der Waals surface area contributed by atoms with Gasteiger partial charge in [-0.15, -0.1) is 5.10 Å². The van der Waals surface area contributed by atoms with Crippen molar-refractivity contribution in [2.24, 2.45) is 0 Å². The maximum absolute atomic E-state index is 12.5. The van der Waals surface area contributed by atoms with Crippen molar-refractivity contribution in [3.05, 3.63) is 71.8 Å². The molecular formula is C21H19N5OS. The van der Waals surface area contributed by atoms with E-state index >= 15 is 0 Å². The minimum atomic E-state index is -0.0996. The van der Waals surface area contributed by atoms with Crippen LogP contribution in [0.2, 0.25) is 0 Å². The number of nitrogens with one attached hydrogen (secondary N) is 1. The SMILES string of the molecule is Cc1cccc(C)c1-n1nnnc1SCC(=O)Nc1cccc2ccccc12. The highest BCUT2D eigenvalue weighted by Crippen LogP contribution is 2.25. The summed E-state index contributed by atoms with van der Waals surface area (Å²) in [5.41, 5.74) is 3.91. The van der Waals surface area contributed by atoms with Gasteiger partial charge in [0.25, 0.3) is 0 Å². The Kier molecular flexibility index (Phi) is 5.08. The Bertz CT molecular complexity index is 1130. The summed E-state index contributed by atoms with van der Waals surface area (Å²) in [6.07, 6.45) is 0. The van der Waals surface area contributed by atoms with Crippen LogP contribution in [0.5, 0.6) is 0 Å². The van der Waals surface area contributed by atoms with Gasteiger partial charge in [0.1, 0.15) is 0 Å². The third-order valence-electron chi connectivity index (χ3n) is 4.49. The Morgan fingerprint density at radius 3 is 2.54 bits per heavy atom. The van der Waals surface area contributed by atoms with Crippen molar-refractivity contribution < 1.29 is 4.79 Å². The summed E-state index contributed by atoms with van der Waals surface area (Å²) in [7, 11) is 0. The van der Waals surface area contributed by atoms with Crippen molar-refractivity contribution in [1.29, 1.82) is 0 Å². The molecule has 1 N–H and O–H groups in total. The van der Waals surface area contributed by atoms with E-state index in [9.17, 15) is 4.79 Å². The first-order valence-corrected chi connectivity index (χ1v) is 9.87. The second-order valence-corrected chi connectivity index (χ2v) is 7.42. The molecule has 0 saturated carbocycles. The van der Waals surface area contributed by atoms with Gasteiger partial charge < -0.3 is 5.32 Å². The maximum atomic E-state index is 12.5. The van der Waals surface area contributed by atoms with Crippen molar-refractivity contribution in [3.8, 4) is 5.69 Å². The van der Waals surface area contributed by atoms with Crippen molar-refractivity contribution in [3.63, 3.8) is 0 Å². The van der Waals surface area contributed by atoms with Crippen molar-refractivity contribution >= 4 is 34.1 Å². The molecule has 4 rings (SSSR count). The van der Waals surface area contributed by atoms with Gasteiger partial charge in [-0.3, -0.25) is 4.79 Å². The summed E-state index contributed by atoms with van der Waals surface area (Å²) in [6.45, 7) is 4.04. The molecule has 0 aliphatic rings. The number of tetrazole rings is 1. The van der Waals surface area contributed by atoms with Crippen LogP contribution in [0, 0.1) is 13.8 Å². The molecule has 1 amide bonds. The Morgan fingerprint density at radius 2 is 1.71 bits per heavy atom. The highest BCUT2D eigenvalue weighted by Gasteiger charge is 2.15. The van der Waals surface area contributed by atoms with Gasteiger partial charge in [0.05, 0.1) is 11.4 Å². The minimum Gasteiger partial charge on any atom is -0.325 e. The molecule has 0 aliphatic carbocycles. The molecule has 0 saturated heterocycles. The standard InChI is InChI=1S/C21H19N5OS/c1-14-7-5-8-15(2)20(14)26-21(23-24-25-26)28-13-19(27)22-18-12-6-10-16-9-3-4-11-17(16)18/h3-12H,13H2,1-2H3,(H,22,27). The first-order chi connectivity index (χ1) is 13.6. The largest absolute Gasteiger partial charge is 0.325 e. The summed E-state index contributed by atoms with van der Waals surface area (Å²) in [6, 6.07) is 19.9. The number of anilines is 1. The topological polar surface area (TPSA) is 72.7 Å². The third-order valence-corrected chi connectivity index (χ3v) is 5.41. The second-order valence-electron chi connectivity index (χ2n) is 6.48. The molecule has 0 atom stereocenters. The molecule has 140 valence electrons. The molecule has 7 heteroatoms. The van der Waals surface area contributed by atoms with Gasteiger partial charge in [-0.1, -0.05) is 66.4 Å². The summed E-state index contributed by atoms with van der Waals surface area (Å²) in [5.74, 6) is 0.117. The van der Waals surface area contributed by atoms with Crippen LogP contribution in [-0.2, 0) is 4.79 Å². The number of thioether (sulfide) groups is 1. The second kappa shape index (κ2) is 7.82. The molecule has 0 spiro atoms. The van der Waals surface area contributed by atoms with Gasteiger partial charge in [-0.2, -0.15) is 4.68 Å². The zero-order valence-corrected chi connectivity index (χ0v) is 16.4. The highest BCUT2D eigenvalue weighted by atomic mass is 32.2. The number of rotatable bonds is 5. The quantitative estimate of drug-likeness (QED) is 0.519. The lowest BCUT2D eigenvalue weighted by molar-refractivity contribution is -0.113. The fourth-order valence-electron chi connectivity index (χ4n) is 3.20. The predicted octanol–water partition coefficient (Wildman–Crippen LogP) is 4.16. The Labute approximate surface area is 167 Å². The maximum Gasteiger partial charge on any atom is 0.234 e. The number of carbonyl (C=O) groups is 1.